The van der Waals surface area contributed by atoms with Crippen LogP contribution in [0.5, 0.6) is 0 Å². The first-order valence-electron chi connectivity index (χ1n) is 23.7. The highest BCUT2D eigenvalue weighted by Gasteiger charge is 2.70. The molecule has 0 aromatic heterocycles. The molecule has 1 unspecified atom stereocenters. The first kappa shape index (κ1) is 47.6. The molecule has 1 aromatic rings. The zero-order valence-electron chi connectivity index (χ0n) is 39.2. The lowest BCUT2D eigenvalue weighted by atomic mass is 9.33. The van der Waals surface area contributed by atoms with E-state index in [-0.39, 0.29) is 77.2 Å². The summed E-state index contributed by atoms with van der Waals surface area (Å²) in [5, 5.41) is 15.5. The van der Waals surface area contributed by atoms with Crippen LogP contribution in [0.15, 0.2) is 35.4 Å². The highest BCUT2D eigenvalue weighted by Crippen LogP contribution is 2.77. The molecule has 5 N–H and O–H groups in total. The number of fused-ring (bicyclic) bond motifs is 7. The maximum atomic E-state index is 16.8. The van der Waals surface area contributed by atoms with Crippen molar-refractivity contribution in [3.05, 3.63) is 46.0 Å². The minimum Gasteiger partial charge on any atom is -0.481 e. The fraction of sp³-hybridized carbons (Fsp3) is 0.745. The van der Waals surface area contributed by atoms with Crippen molar-refractivity contribution in [3.63, 3.8) is 0 Å². The van der Waals surface area contributed by atoms with E-state index in [1.807, 2.05) is 13.8 Å². The van der Waals surface area contributed by atoms with Crippen LogP contribution >= 0.6 is 11.6 Å². The fourth-order valence-corrected chi connectivity index (χ4v) is 15.3. The summed E-state index contributed by atoms with van der Waals surface area (Å²) in [4.78, 5) is 67.0. The Kier molecular flexibility index (Phi) is 12.5. The van der Waals surface area contributed by atoms with Crippen molar-refractivity contribution in [2.45, 2.75) is 158 Å². The molecule has 10 nitrogen and oxygen atoms in total. The molecule has 0 spiro atoms. The number of amides is 2. The molecule has 5 saturated carbocycles. The molecule has 0 saturated heterocycles. The van der Waals surface area contributed by atoms with Crippen LogP contribution < -0.4 is 16.4 Å². The summed E-state index contributed by atoms with van der Waals surface area (Å²) in [7, 11) is 0. The lowest BCUT2D eigenvalue weighted by Crippen LogP contribution is -2.66. The van der Waals surface area contributed by atoms with Crippen LogP contribution in [0.1, 0.15) is 156 Å². The molecular weight excluding hydrogens is 821 g/mol. The number of Topliss-reactive ketones (excluding diaryl/α,β-unsaturated/α-hetero) is 1. The molecule has 7 rings (SSSR count). The second-order valence-corrected chi connectivity index (χ2v) is 23.5. The predicted octanol–water partition coefficient (Wildman–Crippen LogP) is 9.62. The van der Waals surface area contributed by atoms with Crippen molar-refractivity contribution in [1.82, 2.24) is 10.6 Å². The molecule has 6 aliphatic rings. The van der Waals surface area contributed by atoms with E-state index in [2.05, 4.69) is 59.1 Å². The van der Waals surface area contributed by atoms with E-state index < -0.39 is 52.8 Å². The molecule has 11 atom stereocenters. The van der Waals surface area contributed by atoms with E-state index in [4.69, 9.17) is 22.1 Å². The number of aliphatic carboxylic acids is 1. The van der Waals surface area contributed by atoms with Gasteiger partial charge in [-0.25, -0.2) is 4.39 Å². The fourth-order valence-electron chi connectivity index (χ4n) is 15.2. The number of allylic oxidation sites excluding steroid dienone is 2. The number of hydrogen-bond acceptors (Lipinski definition) is 7. The predicted molar refractivity (Wildman–Crippen MR) is 241 cm³/mol. The third-order valence-corrected chi connectivity index (χ3v) is 19.1. The first-order chi connectivity index (χ1) is 29.3. The molecule has 0 radical (unpaired) electrons. The summed E-state index contributed by atoms with van der Waals surface area (Å²) in [6.07, 6.45) is 7.63. The Hall–Kier alpha value is -3.31. The SMILES string of the molecule is CC(C)C1=C2[C@H]3CC[C@@H]4[C@@]5(C)CC[C@H](OC(=O)[C@H]6C[C@@H](C(=O)O)C6(C)C)C(C)(C)[C@@H]5CC[C@@]4(C)[C@]3(C)CC[C@@]2(CC(=O)NC(F)(CCCN)CNC(=O)c2ccc(Cl)cc2)CC1=O. The average molecular weight is 895 g/mol. The maximum absolute atomic E-state index is 16.8. The molecule has 12 heteroatoms. The third kappa shape index (κ3) is 7.78. The summed E-state index contributed by atoms with van der Waals surface area (Å²) in [5.74, 6) is -4.39. The molecule has 6 aliphatic carbocycles. The topological polar surface area (TPSA) is 165 Å². The highest BCUT2D eigenvalue weighted by molar-refractivity contribution is 6.30. The van der Waals surface area contributed by atoms with Crippen LogP contribution in [0.3, 0.4) is 0 Å². The number of halogens is 2. The third-order valence-electron chi connectivity index (χ3n) is 18.9. The van der Waals surface area contributed by atoms with Gasteiger partial charge in [0.15, 0.2) is 11.6 Å². The van der Waals surface area contributed by atoms with Gasteiger partial charge >= 0.3 is 11.9 Å². The Labute approximate surface area is 379 Å². The number of carbonyl (C=O) groups is 5. The Morgan fingerprint density at radius 2 is 1.59 bits per heavy atom. The van der Waals surface area contributed by atoms with Gasteiger partial charge in [0, 0.05) is 40.7 Å². The number of carboxylic acid groups (broad SMARTS) is 1. The van der Waals surface area contributed by atoms with Crippen molar-refractivity contribution in [2.24, 2.45) is 73.7 Å². The summed E-state index contributed by atoms with van der Waals surface area (Å²) in [5.41, 5.74) is 6.27. The van der Waals surface area contributed by atoms with E-state index in [0.29, 0.717) is 41.7 Å². The van der Waals surface area contributed by atoms with Gasteiger partial charge in [-0.1, -0.05) is 79.5 Å². The van der Waals surface area contributed by atoms with E-state index in [0.717, 1.165) is 56.1 Å². The number of nitrogens with one attached hydrogen (secondary N) is 2. The zero-order chi connectivity index (χ0) is 46.3. The van der Waals surface area contributed by atoms with Crippen molar-refractivity contribution in [3.8, 4) is 0 Å². The highest BCUT2D eigenvalue weighted by atomic mass is 35.5. The Morgan fingerprint density at radius 1 is 0.905 bits per heavy atom. The largest absolute Gasteiger partial charge is 0.481 e. The van der Waals surface area contributed by atoms with Crippen molar-refractivity contribution in [2.75, 3.05) is 13.1 Å². The number of ether oxygens (including phenoxy) is 1. The van der Waals surface area contributed by atoms with Crippen LogP contribution in [0.4, 0.5) is 4.39 Å². The zero-order valence-corrected chi connectivity index (χ0v) is 39.9. The van der Waals surface area contributed by atoms with Gasteiger partial charge in [0.25, 0.3) is 5.91 Å². The Balaban J connectivity index is 1.11. The van der Waals surface area contributed by atoms with Gasteiger partial charge in [-0.2, -0.15) is 0 Å². The maximum Gasteiger partial charge on any atom is 0.309 e. The summed E-state index contributed by atoms with van der Waals surface area (Å²) in [6.45, 7) is 19.7. The number of alkyl halides is 1. The molecule has 0 heterocycles. The van der Waals surface area contributed by atoms with Crippen LogP contribution in [-0.2, 0) is 23.9 Å². The second kappa shape index (κ2) is 16.5. The number of carbonyl (C=O) groups excluding carboxylic acids is 4. The van der Waals surface area contributed by atoms with Gasteiger partial charge in [-0.05, 0) is 146 Å². The minimum atomic E-state index is -2.24. The van der Waals surface area contributed by atoms with Gasteiger partial charge in [0.05, 0.1) is 18.4 Å². The number of benzene rings is 1. The van der Waals surface area contributed by atoms with Crippen LogP contribution in [-0.4, -0.2) is 59.6 Å². The monoisotopic (exact) mass is 894 g/mol. The lowest BCUT2D eigenvalue weighted by molar-refractivity contribution is -0.236. The summed E-state index contributed by atoms with van der Waals surface area (Å²) in [6, 6.07) is 6.30. The van der Waals surface area contributed by atoms with Crippen LogP contribution in [0, 0.1) is 68.0 Å². The Morgan fingerprint density at radius 3 is 2.21 bits per heavy atom. The molecule has 348 valence electrons. The van der Waals surface area contributed by atoms with Crippen molar-refractivity contribution >= 4 is 41.1 Å². The lowest BCUT2D eigenvalue weighted by Gasteiger charge is -2.72. The van der Waals surface area contributed by atoms with E-state index in [1.54, 1.807) is 24.3 Å². The molecular formula is C51H73ClFN3O7. The van der Waals surface area contributed by atoms with Crippen LogP contribution in [0.25, 0.3) is 0 Å². The molecule has 0 bridgehead atoms. The Bertz CT molecular complexity index is 2050. The number of esters is 1. The molecule has 2 amide bonds. The molecule has 5 fully saturated rings. The number of carboxylic acids is 1. The molecule has 1 aromatic carbocycles. The van der Waals surface area contributed by atoms with Gasteiger partial charge < -0.3 is 26.2 Å². The second-order valence-electron chi connectivity index (χ2n) is 23.0. The summed E-state index contributed by atoms with van der Waals surface area (Å²) >= 11 is 6.00. The standard InChI is InChI=1S/C51H73ClFN3O7/c1-29(2)40-35(57)26-50(27-39(58)56-51(53,19-10-24-54)28-55-42(59)30-11-13-31(52)14-12-30)23-22-48(8)32(41(40)50)15-16-37-47(7)20-18-38(46(5,6)36(47)17-21-49(37,48)9)63-44(62)34-25-33(43(60)61)45(34,3)4/h11-14,29,32-34,36-38H,10,15-28,54H2,1-9H3,(H,55,59)(H,56,58)(H,60,61)/t32-,33+,34-,36+,37-,38+,47+,48-,49-,50+,51?/m1/s1. The van der Waals surface area contributed by atoms with Crippen molar-refractivity contribution in [1.29, 1.82) is 0 Å². The van der Waals surface area contributed by atoms with Gasteiger partial charge in [0.1, 0.15) is 6.10 Å². The average Bonchev–Trinajstić information content (AvgIpc) is 3.48. The van der Waals surface area contributed by atoms with Crippen LogP contribution in [0.2, 0.25) is 5.02 Å². The van der Waals surface area contributed by atoms with Crippen molar-refractivity contribution < 1.29 is 38.2 Å². The number of rotatable bonds is 13. The van der Waals surface area contributed by atoms with Gasteiger partial charge in [-0.3, -0.25) is 24.0 Å². The van der Waals surface area contributed by atoms with Gasteiger partial charge in [-0.15, -0.1) is 0 Å². The van der Waals surface area contributed by atoms with E-state index >= 15 is 4.39 Å². The number of nitrogens with two attached hydrogens (primary N) is 1. The minimum absolute atomic E-state index is 0.000463. The smallest absolute Gasteiger partial charge is 0.309 e. The molecule has 0 aliphatic heterocycles. The van der Waals surface area contributed by atoms with E-state index in [1.165, 1.54) is 0 Å². The summed E-state index contributed by atoms with van der Waals surface area (Å²) < 4.78 is 23.2. The van der Waals surface area contributed by atoms with Gasteiger partial charge in [0.2, 0.25) is 5.91 Å². The number of ketones is 1. The number of hydrogen-bond donors (Lipinski definition) is 4. The normalized spacial score (nSPS) is 37.3. The quantitative estimate of drug-likeness (QED) is 0.112. The van der Waals surface area contributed by atoms with E-state index in [9.17, 15) is 29.1 Å². The first-order valence-corrected chi connectivity index (χ1v) is 24.1. The molecule has 63 heavy (non-hydrogen) atoms.